The average Bonchev–Trinajstić information content (AvgIpc) is 2.79. The van der Waals surface area contributed by atoms with Gasteiger partial charge in [0, 0.05) is 24.0 Å². The molecule has 0 saturated carbocycles. The second-order valence-corrected chi connectivity index (χ2v) is 7.14. The summed E-state index contributed by atoms with van der Waals surface area (Å²) in [7, 11) is 0. The van der Waals surface area contributed by atoms with Gasteiger partial charge in [-0.2, -0.15) is 0 Å². The van der Waals surface area contributed by atoms with Crippen molar-refractivity contribution in [1.29, 1.82) is 0 Å². The minimum Gasteiger partial charge on any atom is -0.321 e. The van der Waals surface area contributed by atoms with Crippen molar-refractivity contribution < 1.29 is 0 Å². The van der Waals surface area contributed by atoms with Gasteiger partial charge >= 0.3 is 0 Å². The number of amidine groups is 1. The van der Waals surface area contributed by atoms with Crippen LogP contribution < -0.4 is 4.90 Å². The summed E-state index contributed by atoms with van der Waals surface area (Å²) in [6.07, 6.45) is 1.02. The molecule has 0 aromatic heterocycles. The fourth-order valence-corrected chi connectivity index (χ4v) is 3.62. The maximum absolute atomic E-state index is 5.03. The molecule has 0 atom stereocenters. The number of nitrogens with zero attached hydrogens (tertiary/aromatic N) is 2. The largest absolute Gasteiger partial charge is 0.321 e. The van der Waals surface area contributed by atoms with Crippen LogP contribution in [0.2, 0.25) is 0 Å². The number of rotatable bonds is 6. The molecular weight excluding hydrogens is 352 g/mol. The number of benzene rings is 4. The van der Waals surface area contributed by atoms with Crippen molar-refractivity contribution in [3.63, 3.8) is 0 Å². The van der Waals surface area contributed by atoms with Crippen LogP contribution in [0.5, 0.6) is 0 Å². The third-order valence-electron chi connectivity index (χ3n) is 5.01. The van der Waals surface area contributed by atoms with Crippen LogP contribution in [0.3, 0.4) is 0 Å². The normalized spacial score (nSPS) is 11.6. The average molecular weight is 379 g/mol. The van der Waals surface area contributed by atoms with E-state index < -0.39 is 0 Å². The number of aliphatic imine (C=N–C) groups is 1. The molecule has 0 aliphatic carbocycles. The fourth-order valence-electron chi connectivity index (χ4n) is 3.62. The van der Waals surface area contributed by atoms with Crippen molar-refractivity contribution in [2.45, 2.75) is 19.9 Å². The monoisotopic (exact) mass is 378 g/mol. The van der Waals surface area contributed by atoms with E-state index in [1.54, 1.807) is 0 Å². The van der Waals surface area contributed by atoms with E-state index in [0.717, 1.165) is 30.9 Å². The standard InChI is InChI=1S/C27H26N2/c1-2-20-28-27(24-15-7-4-8-16-24)29(21-22-12-5-3-6-13-22)26-19-11-17-23-14-9-10-18-25(23)26/h3-19H,2,20-21H2,1H3/b28-27-. The summed E-state index contributed by atoms with van der Waals surface area (Å²) in [5.41, 5.74) is 3.59. The van der Waals surface area contributed by atoms with E-state index in [4.69, 9.17) is 4.99 Å². The van der Waals surface area contributed by atoms with Crippen LogP contribution in [-0.4, -0.2) is 12.4 Å². The first kappa shape index (κ1) is 18.9. The van der Waals surface area contributed by atoms with E-state index in [-0.39, 0.29) is 0 Å². The zero-order valence-electron chi connectivity index (χ0n) is 16.8. The summed E-state index contributed by atoms with van der Waals surface area (Å²) in [6, 6.07) is 36.2. The number of hydrogen-bond donors (Lipinski definition) is 0. The van der Waals surface area contributed by atoms with Gasteiger partial charge in [0.25, 0.3) is 0 Å². The lowest BCUT2D eigenvalue weighted by molar-refractivity contribution is 0.913. The summed E-state index contributed by atoms with van der Waals surface area (Å²) in [6.45, 7) is 3.75. The smallest absolute Gasteiger partial charge is 0.135 e. The van der Waals surface area contributed by atoms with E-state index in [9.17, 15) is 0 Å². The molecule has 4 aromatic rings. The molecule has 0 aliphatic heterocycles. The van der Waals surface area contributed by atoms with Crippen molar-refractivity contribution in [3.05, 3.63) is 114 Å². The number of anilines is 1. The first-order valence-corrected chi connectivity index (χ1v) is 10.3. The Labute approximate surface area is 173 Å². The van der Waals surface area contributed by atoms with Crippen molar-refractivity contribution >= 4 is 22.3 Å². The van der Waals surface area contributed by atoms with Crippen molar-refractivity contribution in [1.82, 2.24) is 0 Å². The van der Waals surface area contributed by atoms with Crippen LogP contribution in [0.4, 0.5) is 5.69 Å². The molecule has 0 radical (unpaired) electrons. The van der Waals surface area contributed by atoms with Crippen LogP contribution in [0.15, 0.2) is 108 Å². The number of hydrogen-bond acceptors (Lipinski definition) is 1. The molecular formula is C27H26N2. The lowest BCUT2D eigenvalue weighted by Gasteiger charge is -2.28. The van der Waals surface area contributed by atoms with E-state index in [1.807, 2.05) is 0 Å². The van der Waals surface area contributed by atoms with Gasteiger partial charge < -0.3 is 4.90 Å². The van der Waals surface area contributed by atoms with E-state index in [0.29, 0.717) is 0 Å². The summed E-state index contributed by atoms with van der Waals surface area (Å²) in [5.74, 6) is 1.02. The van der Waals surface area contributed by atoms with Gasteiger partial charge in [-0.3, -0.25) is 4.99 Å². The van der Waals surface area contributed by atoms with Gasteiger partial charge in [-0.25, -0.2) is 0 Å². The van der Waals surface area contributed by atoms with Gasteiger partial charge in [-0.1, -0.05) is 104 Å². The predicted molar refractivity (Wildman–Crippen MR) is 125 cm³/mol. The lowest BCUT2D eigenvalue weighted by atomic mass is 10.1. The third kappa shape index (κ3) is 4.38. The maximum Gasteiger partial charge on any atom is 0.135 e. The molecule has 0 aliphatic rings. The Morgan fingerprint density at radius 3 is 2.14 bits per heavy atom. The molecule has 0 amide bonds. The summed E-state index contributed by atoms with van der Waals surface area (Å²) < 4.78 is 0. The molecule has 4 aromatic carbocycles. The van der Waals surface area contributed by atoms with Crippen molar-refractivity contribution in [2.24, 2.45) is 4.99 Å². The highest BCUT2D eigenvalue weighted by Gasteiger charge is 2.18. The van der Waals surface area contributed by atoms with Crippen molar-refractivity contribution in [3.8, 4) is 0 Å². The molecule has 29 heavy (non-hydrogen) atoms. The Kier molecular flexibility index (Phi) is 6.01. The molecule has 0 N–H and O–H groups in total. The van der Waals surface area contributed by atoms with Gasteiger partial charge in [0.05, 0.1) is 5.69 Å². The van der Waals surface area contributed by atoms with Gasteiger partial charge in [-0.15, -0.1) is 0 Å². The highest BCUT2D eigenvalue weighted by atomic mass is 15.2. The minimum absolute atomic E-state index is 0.770. The zero-order valence-corrected chi connectivity index (χ0v) is 16.8. The topological polar surface area (TPSA) is 15.6 Å². The molecule has 144 valence electrons. The Balaban J connectivity index is 1.89. The molecule has 0 heterocycles. The summed E-state index contributed by atoms with van der Waals surface area (Å²) >= 11 is 0. The molecule has 2 heteroatoms. The van der Waals surface area contributed by atoms with Crippen LogP contribution in [0, 0.1) is 0 Å². The highest BCUT2D eigenvalue weighted by Crippen LogP contribution is 2.29. The molecule has 0 saturated heterocycles. The highest BCUT2D eigenvalue weighted by molar-refractivity contribution is 6.13. The molecule has 4 rings (SSSR count). The maximum atomic E-state index is 5.03. The molecule has 2 nitrogen and oxygen atoms in total. The third-order valence-corrected chi connectivity index (χ3v) is 5.01. The summed E-state index contributed by atoms with van der Waals surface area (Å²) in [5, 5.41) is 2.48. The van der Waals surface area contributed by atoms with Gasteiger partial charge in [0.1, 0.15) is 5.84 Å². The summed E-state index contributed by atoms with van der Waals surface area (Å²) in [4.78, 5) is 7.40. The molecule has 0 spiro atoms. The zero-order chi connectivity index (χ0) is 19.9. The Hall–Kier alpha value is -3.39. The predicted octanol–water partition coefficient (Wildman–Crippen LogP) is 6.70. The van der Waals surface area contributed by atoms with Gasteiger partial charge in [0.15, 0.2) is 0 Å². The first-order valence-electron chi connectivity index (χ1n) is 10.3. The van der Waals surface area contributed by atoms with Crippen LogP contribution in [0.25, 0.3) is 10.8 Å². The second-order valence-electron chi connectivity index (χ2n) is 7.14. The quantitative estimate of drug-likeness (QED) is 0.269. The van der Waals surface area contributed by atoms with Crippen LogP contribution in [-0.2, 0) is 6.54 Å². The minimum atomic E-state index is 0.770. The van der Waals surface area contributed by atoms with Crippen LogP contribution >= 0.6 is 0 Å². The van der Waals surface area contributed by atoms with Gasteiger partial charge in [0.2, 0.25) is 0 Å². The Morgan fingerprint density at radius 1 is 0.724 bits per heavy atom. The molecule has 0 fully saturated rings. The second kappa shape index (κ2) is 9.20. The van der Waals surface area contributed by atoms with Gasteiger partial charge in [-0.05, 0) is 23.4 Å². The lowest BCUT2D eigenvalue weighted by Crippen LogP contribution is -2.32. The SMILES string of the molecule is CCC/N=C(/c1ccccc1)N(Cc1ccccc1)c1cccc2ccccc12. The Bertz CT molecular complexity index is 1080. The first-order chi connectivity index (χ1) is 14.4. The van der Waals surface area contributed by atoms with Crippen LogP contribution in [0.1, 0.15) is 24.5 Å². The van der Waals surface area contributed by atoms with Crippen molar-refractivity contribution in [2.75, 3.05) is 11.4 Å². The fraction of sp³-hybridized carbons (Fsp3) is 0.148. The van der Waals surface area contributed by atoms with E-state index in [1.165, 1.54) is 22.0 Å². The molecule has 0 bridgehead atoms. The Morgan fingerprint density at radius 2 is 1.38 bits per heavy atom. The molecule has 0 unspecified atom stereocenters. The number of fused-ring (bicyclic) bond motifs is 1. The van der Waals surface area contributed by atoms with E-state index in [2.05, 4.69) is 115 Å². The van der Waals surface area contributed by atoms with E-state index >= 15 is 0 Å².